The summed E-state index contributed by atoms with van der Waals surface area (Å²) in [6, 6.07) is 0.704. The van der Waals surface area contributed by atoms with Crippen LogP contribution in [0.15, 0.2) is 0 Å². The van der Waals surface area contributed by atoms with Gasteiger partial charge < -0.3 is 10.1 Å². The molecule has 0 amide bonds. The number of rotatable bonds is 3. The van der Waals surface area contributed by atoms with E-state index in [1.807, 2.05) is 0 Å². The Labute approximate surface area is 106 Å². The summed E-state index contributed by atoms with van der Waals surface area (Å²) >= 11 is 0. The maximum absolute atomic E-state index is 5.69. The summed E-state index contributed by atoms with van der Waals surface area (Å²) in [5.74, 6) is 0.734. The Kier molecular flexibility index (Phi) is 4.11. The molecule has 2 heterocycles. The first-order chi connectivity index (χ1) is 8.02. The highest BCUT2D eigenvalue weighted by Gasteiger charge is 2.35. The number of ether oxygens (including phenoxy) is 1. The first-order valence-corrected chi connectivity index (χ1v) is 7.12. The molecule has 2 rings (SSSR count). The third-order valence-electron chi connectivity index (χ3n) is 4.40. The van der Waals surface area contributed by atoms with Crippen molar-refractivity contribution in [2.24, 2.45) is 5.92 Å². The van der Waals surface area contributed by atoms with E-state index < -0.39 is 0 Å². The van der Waals surface area contributed by atoms with Gasteiger partial charge in [-0.05, 0) is 39.5 Å². The van der Waals surface area contributed by atoms with Crippen LogP contribution in [0.25, 0.3) is 0 Å². The molecule has 0 saturated carbocycles. The molecular formula is C14H28N2O. The van der Waals surface area contributed by atoms with Gasteiger partial charge in [-0.2, -0.15) is 0 Å². The van der Waals surface area contributed by atoms with Crippen LogP contribution < -0.4 is 5.32 Å². The van der Waals surface area contributed by atoms with Gasteiger partial charge in [-0.1, -0.05) is 6.92 Å². The van der Waals surface area contributed by atoms with Gasteiger partial charge in [0.1, 0.15) is 0 Å². The van der Waals surface area contributed by atoms with Gasteiger partial charge >= 0.3 is 0 Å². The van der Waals surface area contributed by atoms with Crippen molar-refractivity contribution in [1.29, 1.82) is 0 Å². The zero-order chi connectivity index (χ0) is 12.5. The monoisotopic (exact) mass is 240 g/mol. The van der Waals surface area contributed by atoms with Crippen molar-refractivity contribution in [3.63, 3.8) is 0 Å². The van der Waals surface area contributed by atoms with Gasteiger partial charge in [-0.15, -0.1) is 0 Å². The summed E-state index contributed by atoms with van der Waals surface area (Å²) in [6.07, 6.45) is 2.93. The van der Waals surface area contributed by atoms with Gasteiger partial charge in [0.25, 0.3) is 0 Å². The quantitative estimate of drug-likeness (QED) is 0.815. The summed E-state index contributed by atoms with van der Waals surface area (Å²) in [6.45, 7) is 13.6. The van der Waals surface area contributed by atoms with Gasteiger partial charge in [-0.25, -0.2) is 0 Å². The molecule has 0 spiro atoms. The van der Waals surface area contributed by atoms with Crippen LogP contribution in [0, 0.1) is 5.92 Å². The second-order valence-corrected chi connectivity index (χ2v) is 6.38. The largest absolute Gasteiger partial charge is 0.378 e. The van der Waals surface area contributed by atoms with Crippen LogP contribution in [0.2, 0.25) is 0 Å². The third-order valence-corrected chi connectivity index (χ3v) is 4.40. The minimum Gasteiger partial charge on any atom is -0.378 e. The first kappa shape index (κ1) is 13.3. The lowest BCUT2D eigenvalue weighted by Crippen LogP contribution is -2.62. The van der Waals surface area contributed by atoms with Gasteiger partial charge in [0.15, 0.2) is 0 Å². The van der Waals surface area contributed by atoms with Crippen LogP contribution in [0.1, 0.15) is 40.5 Å². The maximum atomic E-state index is 5.69. The van der Waals surface area contributed by atoms with E-state index in [2.05, 4.69) is 37.9 Å². The van der Waals surface area contributed by atoms with E-state index in [1.165, 1.54) is 19.4 Å². The van der Waals surface area contributed by atoms with Gasteiger partial charge in [0, 0.05) is 37.8 Å². The predicted molar refractivity (Wildman–Crippen MR) is 71.3 cm³/mol. The smallest absolute Gasteiger partial charge is 0.0588 e. The summed E-state index contributed by atoms with van der Waals surface area (Å²) in [4.78, 5) is 2.69. The molecule has 0 aromatic rings. The molecule has 0 aromatic heterocycles. The average Bonchev–Trinajstić information content (AvgIpc) is 2.64. The number of nitrogens with zero attached hydrogens (tertiary/aromatic N) is 1. The van der Waals surface area contributed by atoms with Crippen LogP contribution in [-0.2, 0) is 4.74 Å². The second-order valence-electron chi connectivity index (χ2n) is 6.38. The fraction of sp³-hybridized carbons (Fsp3) is 1.00. The fourth-order valence-corrected chi connectivity index (χ4v) is 3.15. The minimum absolute atomic E-state index is 0.258. The molecule has 3 unspecified atom stereocenters. The Hall–Kier alpha value is -0.120. The molecule has 0 aliphatic carbocycles. The fourth-order valence-electron chi connectivity index (χ4n) is 3.15. The molecule has 3 heteroatoms. The molecule has 0 radical (unpaired) electrons. The Bertz CT molecular complexity index is 255. The Morgan fingerprint density at radius 2 is 2.18 bits per heavy atom. The van der Waals surface area contributed by atoms with Crippen molar-refractivity contribution in [1.82, 2.24) is 10.2 Å². The molecule has 0 bridgehead atoms. The molecule has 2 saturated heterocycles. The Balaban J connectivity index is 1.95. The van der Waals surface area contributed by atoms with E-state index in [9.17, 15) is 0 Å². The highest BCUT2D eigenvalue weighted by Crippen LogP contribution is 2.25. The molecule has 3 nitrogen and oxygen atoms in total. The number of hydrogen-bond acceptors (Lipinski definition) is 3. The van der Waals surface area contributed by atoms with Crippen molar-refractivity contribution in [3.8, 4) is 0 Å². The van der Waals surface area contributed by atoms with Crippen LogP contribution in [0.4, 0.5) is 0 Å². The highest BCUT2D eigenvalue weighted by molar-refractivity contribution is 4.93. The molecule has 3 atom stereocenters. The summed E-state index contributed by atoms with van der Waals surface area (Å²) in [5, 5.41) is 3.65. The number of piperazine rings is 1. The second kappa shape index (κ2) is 5.25. The maximum Gasteiger partial charge on any atom is 0.0588 e. The Morgan fingerprint density at radius 1 is 1.41 bits per heavy atom. The molecular weight excluding hydrogens is 212 g/mol. The molecule has 1 N–H and O–H groups in total. The van der Waals surface area contributed by atoms with Gasteiger partial charge in [0.05, 0.1) is 6.10 Å². The van der Waals surface area contributed by atoms with Crippen LogP contribution in [-0.4, -0.2) is 48.8 Å². The topological polar surface area (TPSA) is 24.5 Å². The van der Waals surface area contributed by atoms with Gasteiger partial charge in [-0.3, -0.25) is 4.90 Å². The zero-order valence-electron chi connectivity index (χ0n) is 11.8. The lowest BCUT2D eigenvalue weighted by molar-refractivity contribution is 0.0513. The van der Waals surface area contributed by atoms with Crippen molar-refractivity contribution < 1.29 is 4.74 Å². The molecule has 17 heavy (non-hydrogen) atoms. The SMILES string of the molecule is CCC1CNC(C)(C)CN1CC1CCOC1C. The van der Waals surface area contributed by atoms with E-state index in [0.29, 0.717) is 12.1 Å². The normalized spacial score (nSPS) is 38.5. The van der Waals surface area contributed by atoms with Crippen LogP contribution in [0.3, 0.4) is 0 Å². The first-order valence-electron chi connectivity index (χ1n) is 7.12. The molecule has 2 aliphatic heterocycles. The molecule has 2 aliphatic rings. The summed E-state index contributed by atoms with van der Waals surface area (Å²) in [7, 11) is 0. The standard InChI is InChI=1S/C14H28N2O/c1-5-13-8-15-14(3,4)10-16(13)9-12-6-7-17-11(12)2/h11-13,15H,5-10H2,1-4H3. The summed E-state index contributed by atoms with van der Waals surface area (Å²) < 4.78 is 5.69. The van der Waals surface area contributed by atoms with E-state index in [0.717, 1.165) is 25.6 Å². The van der Waals surface area contributed by atoms with E-state index in [-0.39, 0.29) is 5.54 Å². The van der Waals surface area contributed by atoms with Crippen molar-refractivity contribution >= 4 is 0 Å². The van der Waals surface area contributed by atoms with Crippen molar-refractivity contribution in [2.75, 3.05) is 26.2 Å². The van der Waals surface area contributed by atoms with Gasteiger partial charge in [0.2, 0.25) is 0 Å². The Morgan fingerprint density at radius 3 is 2.76 bits per heavy atom. The lowest BCUT2D eigenvalue weighted by Gasteiger charge is -2.45. The minimum atomic E-state index is 0.258. The summed E-state index contributed by atoms with van der Waals surface area (Å²) in [5.41, 5.74) is 0.258. The average molecular weight is 240 g/mol. The van der Waals surface area contributed by atoms with Crippen molar-refractivity contribution in [2.45, 2.75) is 58.2 Å². The predicted octanol–water partition coefficient (Wildman–Crippen LogP) is 1.87. The molecule has 2 fully saturated rings. The van der Waals surface area contributed by atoms with E-state index >= 15 is 0 Å². The number of hydrogen-bond donors (Lipinski definition) is 1. The van der Waals surface area contributed by atoms with Crippen molar-refractivity contribution in [3.05, 3.63) is 0 Å². The van der Waals surface area contributed by atoms with E-state index in [4.69, 9.17) is 4.74 Å². The van der Waals surface area contributed by atoms with E-state index in [1.54, 1.807) is 0 Å². The number of nitrogens with one attached hydrogen (secondary N) is 1. The highest BCUT2D eigenvalue weighted by atomic mass is 16.5. The third kappa shape index (κ3) is 3.21. The molecule has 0 aromatic carbocycles. The molecule has 100 valence electrons. The van der Waals surface area contributed by atoms with Crippen LogP contribution >= 0.6 is 0 Å². The van der Waals surface area contributed by atoms with Crippen LogP contribution in [0.5, 0.6) is 0 Å². The zero-order valence-corrected chi connectivity index (χ0v) is 11.8. The lowest BCUT2D eigenvalue weighted by atomic mass is 9.94.